The fourth-order valence-corrected chi connectivity index (χ4v) is 3.02. The number of hydrogen-bond donors (Lipinski definition) is 0. The monoisotopic (exact) mass is 202 g/mol. The van der Waals surface area contributed by atoms with Crippen LogP contribution in [-0.4, -0.2) is 5.38 Å². The maximum atomic E-state index is 6.43. The van der Waals surface area contributed by atoms with Crippen molar-refractivity contribution in [1.29, 1.82) is 0 Å². The van der Waals surface area contributed by atoms with E-state index in [9.17, 15) is 0 Å². The second-order valence-corrected chi connectivity index (χ2v) is 5.87. The lowest BCUT2D eigenvalue weighted by atomic mass is 9.74. The lowest BCUT2D eigenvalue weighted by molar-refractivity contribution is 0.199. The topological polar surface area (TPSA) is 0 Å². The lowest BCUT2D eigenvalue weighted by Gasteiger charge is -2.35. The van der Waals surface area contributed by atoms with Crippen LogP contribution in [0.25, 0.3) is 0 Å². The summed E-state index contributed by atoms with van der Waals surface area (Å²) in [6.07, 6.45) is 4.09. The smallest absolute Gasteiger partial charge is 0.0387 e. The second-order valence-electron chi connectivity index (χ2n) is 5.37. The van der Waals surface area contributed by atoms with Crippen molar-refractivity contribution in [3.05, 3.63) is 0 Å². The molecule has 0 aromatic heterocycles. The molecule has 0 spiro atoms. The number of rotatable bonds is 2. The van der Waals surface area contributed by atoms with E-state index >= 15 is 0 Å². The molecule has 1 fully saturated rings. The van der Waals surface area contributed by atoms with Crippen molar-refractivity contribution < 1.29 is 0 Å². The minimum atomic E-state index is 0.394. The Kier molecular flexibility index (Phi) is 4.09. The lowest BCUT2D eigenvalue weighted by Crippen LogP contribution is -2.29. The molecular formula is C12H23Cl. The highest BCUT2D eigenvalue weighted by Crippen LogP contribution is 2.38. The summed E-state index contributed by atoms with van der Waals surface area (Å²) in [7, 11) is 0. The van der Waals surface area contributed by atoms with Gasteiger partial charge in [0, 0.05) is 5.38 Å². The Bertz CT molecular complexity index is 143. The summed E-state index contributed by atoms with van der Waals surface area (Å²) in [5.41, 5.74) is 0. The van der Waals surface area contributed by atoms with Gasteiger partial charge in [0.15, 0.2) is 0 Å². The van der Waals surface area contributed by atoms with Crippen molar-refractivity contribution in [2.45, 2.75) is 52.3 Å². The highest BCUT2D eigenvalue weighted by atomic mass is 35.5. The van der Waals surface area contributed by atoms with Crippen LogP contribution in [0.5, 0.6) is 0 Å². The van der Waals surface area contributed by atoms with E-state index in [1.165, 1.54) is 19.3 Å². The Morgan fingerprint density at radius 3 is 1.85 bits per heavy atom. The van der Waals surface area contributed by atoms with Crippen LogP contribution in [0.4, 0.5) is 0 Å². The van der Waals surface area contributed by atoms with Crippen LogP contribution in [0.1, 0.15) is 47.0 Å². The molecule has 1 heteroatoms. The van der Waals surface area contributed by atoms with Crippen molar-refractivity contribution in [2.24, 2.45) is 23.7 Å². The molecule has 1 rings (SSSR count). The molecule has 0 radical (unpaired) electrons. The van der Waals surface area contributed by atoms with Crippen molar-refractivity contribution in [2.75, 3.05) is 0 Å². The fraction of sp³-hybridized carbons (Fsp3) is 1.00. The van der Waals surface area contributed by atoms with Gasteiger partial charge < -0.3 is 0 Å². The molecule has 0 nitrogen and oxygen atoms in total. The van der Waals surface area contributed by atoms with Crippen LogP contribution >= 0.6 is 11.6 Å². The first-order valence-electron chi connectivity index (χ1n) is 5.64. The Hall–Kier alpha value is 0.290. The molecule has 1 aliphatic carbocycles. The van der Waals surface area contributed by atoms with Gasteiger partial charge in [0.1, 0.15) is 0 Å². The summed E-state index contributed by atoms with van der Waals surface area (Å²) in [4.78, 5) is 0. The van der Waals surface area contributed by atoms with Gasteiger partial charge in [-0.3, -0.25) is 0 Å². The Morgan fingerprint density at radius 2 is 1.46 bits per heavy atom. The largest absolute Gasteiger partial charge is 0.122 e. The van der Waals surface area contributed by atoms with Crippen LogP contribution in [0.2, 0.25) is 0 Å². The summed E-state index contributed by atoms with van der Waals surface area (Å²) in [5.74, 6) is 3.16. The minimum absolute atomic E-state index is 0.394. The Morgan fingerprint density at radius 1 is 1.00 bits per heavy atom. The van der Waals surface area contributed by atoms with E-state index in [1.54, 1.807) is 0 Å². The molecule has 3 atom stereocenters. The average Bonchev–Trinajstić information content (AvgIpc) is 2.01. The summed E-state index contributed by atoms with van der Waals surface area (Å²) in [6.45, 7) is 9.21. The second kappa shape index (κ2) is 4.68. The first kappa shape index (κ1) is 11.4. The number of alkyl halides is 1. The summed E-state index contributed by atoms with van der Waals surface area (Å²) in [6, 6.07) is 0. The standard InChI is InChI=1S/C12H23Cl/c1-8(2)12(13)11-6-9(3)5-10(4)7-11/h8-12H,5-7H2,1-4H3. The molecule has 0 heterocycles. The quantitative estimate of drug-likeness (QED) is 0.585. The molecule has 0 amide bonds. The van der Waals surface area contributed by atoms with E-state index in [-0.39, 0.29) is 0 Å². The van der Waals surface area contributed by atoms with E-state index in [1.807, 2.05) is 0 Å². The fourth-order valence-electron chi connectivity index (χ4n) is 2.81. The third-order valence-corrected chi connectivity index (χ3v) is 4.16. The number of hydrogen-bond acceptors (Lipinski definition) is 0. The van der Waals surface area contributed by atoms with Crippen molar-refractivity contribution >= 4 is 11.6 Å². The van der Waals surface area contributed by atoms with Crippen molar-refractivity contribution in [1.82, 2.24) is 0 Å². The van der Waals surface area contributed by atoms with E-state index in [0.29, 0.717) is 11.3 Å². The summed E-state index contributed by atoms with van der Waals surface area (Å²) >= 11 is 6.43. The van der Waals surface area contributed by atoms with Gasteiger partial charge in [-0.25, -0.2) is 0 Å². The maximum Gasteiger partial charge on any atom is 0.0387 e. The van der Waals surface area contributed by atoms with Gasteiger partial charge in [-0.05, 0) is 42.9 Å². The molecule has 0 saturated heterocycles. The van der Waals surface area contributed by atoms with Crippen LogP contribution in [0.15, 0.2) is 0 Å². The predicted octanol–water partition coefficient (Wildman–Crippen LogP) is 4.32. The van der Waals surface area contributed by atoms with E-state index in [0.717, 1.165) is 17.8 Å². The van der Waals surface area contributed by atoms with Gasteiger partial charge in [-0.2, -0.15) is 0 Å². The third kappa shape index (κ3) is 3.16. The minimum Gasteiger partial charge on any atom is -0.122 e. The van der Waals surface area contributed by atoms with Gasteiger partial charge >= 0.3 is 0 Å². The molecular weight excluding hydrogens is 180 g/mol. The molecule has 3 unspecified atom stereocenters. The van der Waals surface area contributed by atoms with E-state index in [4.69, 9.17) is 11.6 Å². The molecule has 13 heavy (non-hydrogen) atoms. The van der Waals surface area contributed by atoms with E-state index in [2.05, 4.69) is 27.7 Å². The normalized spacial score (nSPS) is 37.8. The van der Waals surface area contributed by atoms with Gasteiger partial charge in [-0.1, -0.05) is 27.7 Å². The van der Waals surface area contributed by atoms with E-state index < -0.39 is 0 Å². The van der Waals surface area contributed by atoms with Crippen LogP contribution in [0.3, 0.4) is 0 Å². The van der Waals surface area contributed by atoms with Crippen LogP contribution < -0.4 is 0 Å². The molecule has 0 aromatic carbocycles. The highest BCUT2D eigenvalue weighted by molar-refractivity contribution is 6.20. The van der Waals surface area contributed by atoms with Gasteiger partial charge in [0.2, 0.25) is 0 Å². The molecule has 1 aliphatic rings. The first-order chi connectivity index (χ1) is 6.00. The zero-order chi connectivity index (χ0) is 10.0. The van der Waals surface area contributed by atoms with Crippen molar-refractivity contribution in [3.8, 4) is 0 Å². The first-order valence-corrected chi connectivity index (χ1v) is 6.08. The van der Waals surface area contributed by atoms with Gasteiger partial charge in [-0.15, -0.1) is 11.6 Å². The maximum absolute atomic E-state index is 6.43. The third-order valence-electron chi connectivity index (χ3n) is 3.30. The van der Waals surface area contributed by atoms with Crippen molar-refractivity contribution in [3.63, 3.8) is 0 Å². The molecule has 0 bridgehead atoms. The molecule has 0 aromatic rings. The SMILES string of the molecule is CC1CC(C)CC(C(Cl)C(C)C)C1. The average molecular weight is 203 g/mol. The Balaban J connectivity index is 2.49. The van der Waals surface area contributed by atoms with Gasteiger partial charge in [0.25, 0.3) is 0 Å². The van der Waals surface area contributed by atoms with Crippen LogP contribution in [0, 0.1) is 23.7 Å². The Labute approximate surface area is 88.1 Å². The molecule has 0 N–H and O–H groups in total. The molecule has 1 saturated carbocycles. The van der Waals surface area contributed by atoms with Crippen LogP contribution in [-0.2, 0) is 0 Å². The number of halogens is 1. The highest BCUT2D eigenvalue weighted by Gasteiger charge is 2.30. The molecule has 78 valence electrons. The zero-order valence-electron chi connectivity index (χ0n) is 9.39. The molecule has 0 aliphatic heterocycles. The predicted molar refractivity (Wildman–Crippen MR) is 60.1 cm³/mol. The van der Waals surface area contributed by atoms with Gasteiger partial charge in [0.05, 0.1) is 0 Å². The summed E-state index contributed by atoms with van der Waals surface area (Å²) in [5, 5.41) is 0.394. The zero-order valence-corrected chi connectivity index (χ0v) is 10.1. The summed E-state index contributed by atoms with van der Waals surface area (Å²) < 4.78 is 0.